The smallest absolute Gasteiger partial charge is 0.163 e. The number of aromatic nitrogens is 2. The van der Waals surface area contributed by atoms with Crippen LogP contribution in [0.1, 0.15) is 230 Å². The Bertz CT molecular complexity index is 2730. The number of allylic oxidation sites excluding steroid dienone is 1. The highest BCUT2D eigenvalue weighted by atomic mass is 16.6. The molecule has 2 saturated heterocycles. The van der Waals surface area contributed by atoms with Crippen LogP contribution >= 0.6 is 0 Å². The topological polar surface area (TPSA) is 129 Å². The van der Waals surface area contributed by atoms with Crippen LogP contribution in [0.5, 0.6) is 0 Å². The molecule has 422 valence electrons. The Hall–Kier alpha value is -3.08. The van der Waals surface area contributed by atoms with Gasteiger partial charge in [-0.3, -0.25) is 9.59 Å². The van der Waals surface area contributed by atoms with Gasteiger partial charge in [0.1, 0.15) is 11.9 Å². The minimum atomic E-state index is -0.746. The lowest BCUT2D eigenvalue weighted by molar-refractivity contribution is -0.266. The van der Waals surface area contributed by atoms with Crippen molar-refractivity contribution in [1.82, 2.24) is 14.9 Å². The SMILES string of the molecule is CCCCC[C@H]1C(=O)C2=C3[C@H](Cn4cc(Cc5cc(C6CCCCC6)cc(C6CCOCC6)c5)c5[nH]cc(c54)CC[C@@]2(C)C[C@@H](O)[C@H]2OC2(C)C)[C@@H](O)[C@@H]2[C@@]4(C)[C@@H](CC[C@]2(C)[C@]31C)[C@](C)(CCNC)C(=O)CC41CCCC1. The fourth-order valence-corrected chi connectivity index (χ4v) is 20.8. The average Bonchev–Trinajstić information content (AvgIpc) is 4.14. The number of fused-ring (bicyclic) bond motifs is 5. The highest BCUT2D eigenvalue weighted by Crippen LogP contribution is 2.81. The Morgan fingerprint density at radius 1 is 0.870 bits per heavy atom. The Kier molecular flexibility index (Phi) is 14.0. The van der Waals surface area contributed by atoms with E-state index in [1.807, 2.05) is 7.05 Å². The summed E-state index contributed by atoms with van der Waals surface area (Å²) in [4.78, 5) is 35.6. The maximum atomic E-state index is 16.6. The summed E-state index contributed by atoms with van der Waals surface area (Å²) >= 11 is 0. The number of Topliss-reactive ketones (excluding diaryl/α,β-unsaturated/α-hetero) is 2. The molecule has 3 aliphatic heterocycles. The van der Waals surface area contributed by atoms with Crippen molar-refractivity contribution in [2.75, 3.05) is 26.8 Å². The molecule has 12 rings (SSSR count). The molecule has 1 aromatic carbocycles. The van der Waals surface area contributed by atoms with Crippen molar-refractivity contribution in [3.8, 4) is 0 Å². The van der Waals surface area contributed by atoms with Gasteiger partial charge in [-0.1, -0.05) is 111 Å². The molecule has 5 heterocycles. The van der Waals surface area contributed by atoms with E-state index in [1.54, 1.807) is 0 Å². The molecule has 4 N–H and O–H groups in total. The quantitative estimate of drug-likeness (QED) is 0.0935. The number of H-pyrrole nitrogens is 1. The first kappa shape index (κ1) is 54.5. The van der Waals surface area contributed by atoms with E-state index in [-0.39, 0.29) is 46.4 Å². The predicted molar refractivity (Wildman–Crippen MR) is 307 cm³/mol. The molecule has 9 aliphatic rings. The van der Waals surface area contributed by atoms with Crippen molar-refractivity contribution in [1.29, 1.82) is 0 Å². The number of unbranched alkanes of at least 4 members (excludes halogenated alkanes) is 2. The summed E-state index contributed by atoms with van der Waals surface area (Å²) in [5, 5.41) is 30.4. The lowest BCUT2D eigenvalue weighted by atomic mass is 9.29. The molecule has 6 aliphatic carbocycles. The minimum Gasteiger partial charge on any atom is -0.392 e. The van der Waals surface area contributed by atoms with Crippen LogP contribution in [0.15, 0.2) is 41.7 Å². The van der Waals surface area contributed by atoms with Gasteiger partial charge < -0.3 is 34.6 Å². The van der Waals surface area contributed by atoms with E-state index in [1.165, 1.54) is 76.5 Å². The third-order valence-corrected chi connectivity index (χ3v) is 25.1. The number of aromatic amines is 1. The second kappa shape index (κ2) is 19.8. The van der Waals surface area contributed by atoms with Gasteiger partial charge in [0, 0.05) is 73.2 Å². The number of rotatable bonds is 14. The molecule has 0 unspecified atom stereocenters. The van der Waals surface area contributed by atoms with Crippen molar-refractivity contribution in [3.05, 3.63) is 69.6 Å². The Morgan fingerprint density at radius 2 is 1.57 bits per heavy atom. The van der Waals surface area contributed by atoms with Crippen LogP contribution in [-0.2, 0) is 38.4 Å². The monoisotopic (exact) mass is 1050 g/mol. The van der Waals surface area contributed by atoms with Gasteiger partial charge in [-0.2, -0.15) is 0 Å². The molecule has 2 aromatic heterocycles. The molecule has 5 saturated carbocycles. The number of carbonyl (C=O) groups is 2. The van der Waals surface area contributed by atoms with E-state index in [9.17, 15) is 10.2 Å². The normalized spacial score (nSPS) is 38.3. The molecule has 12 atom stereocenters. The second-order valence-electron chi connectivity index (χ2n) is 29.4. The lowest BCUT2D eigenvalue weighted by Crippen LogP contribution is -2.73. The standard InChI is InChI=1S/C68H99N3O6/c1-10-11-13-20-50-59(75)55-54-49(58(74)60-65(6,66(50,54)7)28-22-52-64(5,29-30-69-9)53(73)38-68(67(52,60)8)25-16-17-26-68)41-71-40-48(56-57(71)45(39-70-56)21-27-63(55,4)37-51(72)61-62(2,3)77-61)35-42-33-46(43-18-14-12-15-19-43)36-47(34-42)44-23-31-76-32-24-44/h33-34,36,39-40,43-44,49-52,58,60-61,69-70,72,74H,10-32,35,37-38,41H2,1-9H3/t49-,50-,51+,52-,58+,60-,61+,63-,64-,65-,66-,67+/m0/s1. The summed E-state index contributed by atoms with van der Waals surface area (Å²) in [7, 11) is 2.02. The zero-order valence-electron chi connectivity index (χ0n) is 49.1. The van der Waals surface area contributed by atoms with Gasteiger partial charge in [0.25, 0.3) is 0 Å². The first-order chi connectivity index (χ1) is 36.8. The summed E-state index contributed by atoms with van der Waals surface area (Å²) in [6.45, 7) is 21.7. The number of carbonyl (C=O) groups excluding carboxylic acids is 2. The van der Waals surface area contributed by atoms with E-state index < -0.39 is 39.5 Å². The zero-order valence-corrected chi connectivity index (χ0v) is 49.1. The van der Waals surface area contributed by atoms with Crippen LogP contribution in [0.2, 0.25) is 0 Å². The van der Waals surface area contributed by atoms with Crippen LogP contribution in [0.4, 0.5) is 0 Å². The average molecular weight is 1050 g/mol. The highest BCUT2D eigenvalue weighted by molar-refractivity contribution is 6.03. The minimum absolute atomic E-state index is 0.123. The van der Waals surface area contributed by atoms with Gasteiger partial charge >= 0.3 is 0 Å². The summed E-state index contributed by atoms with van der Waals surface area (Å²) in [5.74, 6) is 1.28. The molecule has 0 radical (unpaired) electrons. The highest BCUT2D eigenvalue weighted by Gasteiger charge is 2.78. The van der Waals surface area contributed by atoms with E-state index in [4.69, 9.17) is 9.47 Å². The predicted octanol–water partition coefficient (Wildman–Crippen LogP) is 13.6. The van der Waals surface area contributed by atoms with E-state index in [2.05, 4.69) is 101 Å². The summed E-state index contributed by atoms with van der Waals surface area (Å²) in [6.07, 6.45) is 25.8. The van der Waals surface area contributed by atoms with Gasteiger partial charge in [0.15, 0.2) is 5.78 Å². The van der Waals surface area contributed by atoms with Crippen LogP contribution in [0.25, 0.3) is 11.0 Å². The van der Waals surface area contributed by atoms with Gasteiger partial charge in [-0.25, -0.2) is 0 Å². The fourth-order valence-electron chi connectivity index (χ4n) is 20.8. The zero-order chi connectivity index (χ0) is 54.1. The molecule has 0 bridgehead atoms. The Labute approximate surface area is 462 Å². The van der Waals surface area contributed by atoms with Crippen molar-refractivity contribution in [2.45, 2.75) is 245 Å². The fraction of sp³-hybridized carbons (Fsp3) is 0.765. The molecule has 77 heavy (non-hydrogen) atoms. The number of epoxide rings is 1. The Balaban J connectivity index is 1.05. The summed E-state index contributed by atoms with van der Waals surface area (Å²) in [5.41, 5.74) is 8.42. The van der Waals surface area contributed by atoms with Crippen LogP contribution in [0, 0.1) is 56.2 Å². The third-order valence-electron chi connectivity index (χ3n) is 25.1. The van der Waals surface area contributed by atoms with Gasteiger partial charge in [-0.15, -0.1) is 0 Å². The lowest BCUT2D eigenvalue weighted by Gasteiger charge is -2.75. The van der Waals surface area contributed by atoms with Gasteiger partial charge in [0.05, 0.1) is 28.8 Å². The number of aryl methyl sites for hydroxylation is 1. The maximum absolute atomic E-state index is 16.6. The Morgan fingerprint density at radius 3 is 2.25 bits per heavy atom. The molecule has 9 heteroatoms. The first-order valence-corrected chi connectivity index (χ1v) is 31.7. The molecule has 1 spiro atoms. The number of benzene rings is 1. The van der Waals surface area contributed by atoms with Crippen molar-refractivity contribution < 1.29 is 29.3 Å². The molecule has 9 nitrogen and oxygen atoms in total. The van der Waals surface area contributed by atoms with Crippen LogP contribution in [-0.4, -0.2) is 82.0 Å². The number of ether oxygens (including phenoxy) is 2. The van der Waals surface area contributed by atoms with Crippen molar-refractivity contribution in [3.63, 3.8) is 0 Å². The number of aliphatic hydroxyl groups is 2. The third kappa shape index (κ3) is 8.32. The first-order valence-electron chi connectivity index (χ1n) is 31.7. The number of hydrogen-bond donors (Lipinski definition) is 4. The van der Waals surface area contributed by atoms with Crippen molar-refractivity contribution >= 4 is 22.6 Å². The molecular formula is C68H99N3O6. The molecular weight excluding hydrogens is 955 g/mol. The number of hydrogen-bond acceptors (Lipinski definition) is 7. The molecule has 7 fully saturated rings. The van der Waals surface area contributed by atoms with E-state index >= 15 is 9.59 Å². The van der Waals surface area contributed by atoms with E-state index in [0.717, 1.165) is 122 Å². The summed E-state index contributed by atoms with van der Waals surface area (Å²) in [6, 6.07) is 7.65. The number of nitrogens with one attached hydrogen (secondary N) is 2. The van der Waals surface area contributed by atoms with Crippen molar-refractivity contribution in [2.24, 2.45) is 56.2 Å². The second-order valence-corrected chi connectivity index (χ2v) is 29.4. The van der Waals surface area contributed by atoms with E-state index in [0.29, 0.717) is 43.4 Å². The largest absolute Gasteiger partial charge is 0.392 e. The van der Waals surface area contributed by atoms with Gasteiger partial charge in [-0.05, 0) is 190 Å². The number of aliphatic hydroxyl groups excluding tert-OH is 2. The van der Waals surface area contributed by atoms with Gasteiger partial charge in [0.2, 0.25) is 0 Å². The number of nitrogens with zero attached hydrogens (tertiary/aromatic N) is 1. The molecule has 0 amide bonds. The summed E-state index contributed by atoms with van der Waals surface area (Å²) < 4.78 is 14.7. The maximum Gasteiger partial charge on any atom is 0.163 e. The van der Waals surface area contributed by atoms with Crippen LogP contribution in [0.3, 0.4) is 0 Å². The van der Waals surface area contributed by atoms with Crippen LogP contribution < -0.4 is 5.32 Å². The number of ketones is 2. The molecule has 3 aromatic rings.